The Morgan fingerprint density at radius 3 is 2.71 bits per heavy atom. The molecule has 2 aromatic heterocycles. The Kier molecular flexibility index (Phi) is 4.11. The molecule has 2 rings (SSSR count). The first-order valence-corrected chi connectivity index (χ1v) is 6.32. The fourth-order valence-electron chi connectivity index (χ4n) is 2.13. The summed E-state index contributed by atoms with van der Waals surface area (Å²) in [7, 11) is 1.56. The second kappa shape index (κ2) is 5.67. The molecular formula is C14H15F3N2O2. The van der Waals surface area contributed by atoms with E-state index < -0.39 is 18.1 Å². The van der Waals surface area contributed by atoms with Crippen molar-refractivity contribution in [3.05, 3.63) is 36.2 Å². The maximum atomic E-state index is 12.2. The van der Waals surface area contributed by atoms with Gasteiger partial charge in [-0.05, 0) is 37.1 Å². The van der Waals surface area contributed by atoms with Crippen molar-refractivity contribution >= 4 is 11.4 Å². The van der Waals surface area contributed by atoms with Gasteiger partial charge in [0.05, 0.1) is 13.3 Å². The zero-order valence-electron chi connectivity index (χ0n) is 11.6. The molecule has 0 aliphatic heterocycles. The fourth-order valence-corrected chi connectivity index (χ4v) is 2.13. The highest BCUT2D eigenvalue weighted by Crippen LogP contribution is 2.20. The average Bonchev–Trinajstić information content (AvgIpc) is 2.79. The zero-order valence-corrected chi connectivity index (χ0v) is 11.6. The fraction of sp³-hybridized carbons (Fsp3) is 0.357. The van der Waals surface area contributed by atoms with Gasteiger partial charge in [-0.25, -0.2) is 0 Å². The predicted molar refractivity (Wildman–Crippen MR) is 71.3 cm³/mol. The van der Waals surface area contributed by atoms with Crippen molar-refractivity contribution in [2.24, 2.45) is 0 Å². The van der Waals surface area contributed by atoms with E-state index in [1.54, 1.807) is 25.6 Å². The Balaban J connectivity index is 2.11. The van der Waals surface area contributed by atoms with Crippen LogP contribution in [-0.4, -0.2) is 29.6 Å². The molecule has 0 saturated carbocycles. The molecule has 4 nitrogen and oxygen atoms in total. The van der Waals surface area contributed by atoms with E-state index in [0.717, 1.165) is 11.1 Å². The largest absolute Gasteiger partial charge is 0.495 e. The van der Waals surface area contributed by atoms with E-state index in [4.69, 9.17) is 4.74 Å². The maximum Gasteiger partial charge on any atom is 0.471 e. The number of aromatic nitrogens is 1. The third kappa shape index (κ3) is 3.48. The van der Waals surface area contributed by atoms with Gasteiger partial charge < -0.3 is 14.5 Å². The van der Waals surface area contributed by atoms with E-state index in [1.165, 1.54) is 6.92 Å². The highest BCUT2D eigenvalue weighted by molar-refractivity contribution is 5.82. The SMILES string of the molecule is COc1ccc2c(CC(C)NC(=O)C(F)(F)F)ccn2c1. The number of methoxy groups -OCH3 is 1. The van der Waals surface area contributed by atoms with Crippen molar-refractivity contribution in [1.82, 2.24) is 9.72 Å². The minimum absolute atomic E-state index is 0.310. The van der Waals surface area contributed by atoms with E-state index in [-0.39, 0.29) is 0 Å². The predicted octanol–water partition coefficient (Wildman–Crippen LogP) is 2.56. The summed E-state index contributed by atoms with van der Waals surface area (Å²) in [5, 5.41) is 1.95. The number of carbonyl (C=O) groups excluding carboxylic acids is 1. The average molecular weight is 300 g/mol. The molecule has 0 bridgehead atoms. The topological polar surface area (TPSA) is 42.7 Å². The van der Waals surface area contributed by atoms with E-state index in [0.29, 0.717) is 12.2 Å². The molecule has 2 heterocycles. The highest BCUT2D eigenvalue weighted by atomic mass is 19.4. The van der Waals surface area contributed by atoms with Gasteiger partial charge >= 0.3 is 12.1 Å². The monoisotopic (exact) mass is 300 g/mol. The molecule has 0 aromatic carbocycles. The van der Waals surface area contributed by atoms with Crippen molar-refractivity contribution in [3.63, 3.8) is 0 Å². The van der Waals surface area contributed by atoms with Crippen LogP contribution in [0.2, 0.25) is 0 Å². The quantitative estimate of drug-likeness (QED) is 0.943. The summed E-state index contributed by atoms with van der Waals surface area (Å²) in [5.41, 5.74) is 1.72. The first-order chi connectivity index (χ1) is 9.81. The van der Waals surface area contributed by atoms with Gasteiger partial charge in [0.1, 0.15) is 5.75 Å². The van der Waals surface area contributed by atoms with Crippen LogP contribution in [0, 0.1) is 0 Å². The van der Waals surface area contributed by atoms with Crippen LogP contribution in [0.5, 0.6) is 5.75 Å². The molecule has 1 atom stereocenters. The Bertz CT molecular complexity index is 649. The summed E-state index contributed by atoms with van der Waals surface area (Å²) in [6.07, 6.45) is -0.974. The number of alkyl halides is 3. The second-order valence-corrected chi connectivity index (χ2v) is 4.78. The molecule has 0 aliphatic rings. The second-order valence-electron chi connectivity index (χ2n) is 4.78. The van der Waals surface area contributed by atoms with Crippen LogP contribution >= 0.6 is 0 Å². The molecular weight excluding hydrogens is 285 g/mol. The maximum absolute atomic E-state index is 12.2. The number of ether oxygens (including phenoxy) is 1. The summed E-state index contributed by atoms with van der Waals surface area (Å²) < 4.78 is 43.5. The lowest BCUT2D eigenvalue weighted by atomic mass is 10.1. The van der Waals surface area contributed by atoms with Crippen molar-refractivity contribution in [2.75, 3.05) is 7.11 Å². The number of rotatable bonds is 4. The lowest BCUT2D eigenvalue weighted by Crippen LogP contribution is -2.42. The minimum Gasteiger partial charge on any atom is -0.495 e. The van der Waals surface area contributed by atoms with Crippen LogP contribution in [0.1, 0.15) is 12.5 Å². The number of halogens is 3. The van der Waals surface area contributed by atoms with Crippen LogP contribution in [0.15, 0.2) is 30.6 Å². The van der Waals surface area contributed by atoms with Gasteiger partial charge in [-0.1, -0.05) is 0 Å². The van der Waals surface area contributed by atoms with Gasteiger partial charge in [0.25, 0.3) is 0 Å². The lowest BCUT2D eigenvalue weighted by Gasteiger charge is -2.15. The van der Waals surface area contributed by atoms with Gasteiger partial charge in [-0.15, -0.1) is 0 Å². The number of carbonyl (C=O) groups is 1. The van der Waals surface area contributed by atoms with E-state index in [2.05, 4.69) is 0 Å². The molecule has 21 heavy (non-hydrogen) atoms. The number of hydrogen-bond acceptors (Lipinski definition) is 2. The number of nitrogens with one attached hydrogen (secondary N) is 1. The summed E-state index contributed by atoms with van der Waals surface area (Å²) in [4.78, 5) is 10.9. The molecule has 7 heteroatoms. The first kappa shape index (κ1) is 15.2. The molecule has 1 amide bonds. The van der Waals surface area contributed by atoms with Crippen LogP contribution in [-0.2, 0) is 11.2 Å². The van der Waals surface area contributed by atoms with E-state index in [9.17, 15) is 18.0 Å². The minimum atomic E-state index is -4.86. The molecule has 2 aromatic rings. The summed E-state index contributed by atoms with van der Waals surface area (Å²) in [6.45, 7) is 1.54. The molecule has 114 valence electrons. The number of fused-ring (bicyclic) bond motifs is 1. The standard InChI is InChI=1S/C14H15F3N2O2/c1-9(18-13(20)14(15,16)17)7-10-5-6-19-8-11(21-2)3-4-12(10)19/h3-6,8-9H,7H2,1-2H3,(H,18,20). The highest BCUT2D eigenvalue weighted by Gasteiger charge is 2.39. The molecule has 1 N–H and O–H groups in total. The number of pyridine rings is 1. The Hall–Kier alpha value is -2.18. The van der Waals surface area contributed by atoms with Crippen molar-refractivity contribution in [3.8, 4) is 5.75 Å². The normalized spacial score (nSPS) is 13.2. The van der Waals surface area contributed by atoms with Crippen LogP contribution < -0.4 is 10.1 Å². The third-order valence-corrected chi connectivity index (χ3v) is 3.11. The van der Waals surface area contributed by atoms with Crippen LogP contribution in [0.3, 0.4) is 0 Å². The zero-order chi connectivity index (χ0) is 15.6. The molecule has 0 aliphatic carbocycles. The van der Waals surface area contributed by atoms with E-state index in [1.807, 2.05) is 21.9 Å². The molecule has 0 spiro atoms. The molecule has 0 fully saturated rings. The van der Waals surface area contributed by atoms with Gasteiger partial charge in [0.2, 0.25) is 0 Å². The third-order valence-electron chi connectivity index (χ3n) is 3.11. The number of nitrogens with zero attached hydrogens (tertiary/aromatic N) is 1. The summed E-state index contributed by atoms with van der Waals surface area (Å²) in [5.74, 6) is -1.23. The summed E-state index contributed by atoms with van der Waals surface area (Å²) >= 11 is 0. The number of hydrogen-bond donors (Lipinski definition) is 1. The van der Waals surface area contributed by atoms with Gasteiger partial charge in [-0.3, -0.25) is 4.79 Å². The summed E-state index contributed by atoms with van der Waals surface area (Å²) in [6, 6.07) is 4.79. The Morgan fingerprint density at radius 2 is 2.10 bits per heavy atom. The van der Waals surface area contributed by atoms with Gasteiger partial charge in [0.15, 0.2) is 0 Å². The smallest absolute Gasteiger partial charge is 0.471 e. The Labute approximate surface area is 119 Å². The van der Waals surface area contributed by atoms with Crippen molar-refractivity contribution in [1.29, 1.82) is 0 Å². The van der Waals surface area contributed by atoms with Crippen molar-refractivity contribution in [2.45, 2.75) is 25.6 Å². The van der Waals surface area contributed by atoms with Crippen LogP contribution in [0.4, 0.5) is 13.2 Å². The molecule has 0 saturated heterocycles. The first-order valence-electron chi connectivity index (χ1n) is 6.32. The molecule has 1 unspecified atom stereocenters. The van der Waals surface area contributed by atoms with Gasteiger partial charge in [0, 0.05) is 17.8 Å². The number of amides is 1. The molecule has 0 radical (unpaired) electrons. The Morgan fingerprint density at radius 1 is 1.38 bits per heavy atom. The van der Waals surface area contributed by atoms with E-state index >= 15 is 0 Å². The van der Waals surface area contributed by atoms with Crippen LogP contribution in [0.25, 0.3) is 5.52 Å². The van der Waals surface area contributed by atoms with Crippen molar-refractivity contribution < 1.29 is 22.7 Å². The lowest BCUT2D eigenvalue weighted by molar-refractivity contribution is -0.174. The van der Waals surface area contributed by atoms with Gasteiger partial charge in [-0.2, -0.15) is 13.2 Å².